The molecule has 8 heteroatoms. The van der Waals surface area contributed by atoms with Crippen LogP contribution in [0.1, 0.15) is 38.3 Å². The van der Waals surface area contributed by atoms with Crippen LogP contribution >= 0.6 is 0 Å². The van der Waals surface area contributed by atoms with E-state index in [-0.39, 0.29) is 5.91 Å². The number of hydrogen-bond donors (Lipinski definition) is 1. The number of carbonyl (C=O) groups excluding carboxylic acids is 2. The molecule has 1 aromatic rings. The fourth-order valence-electron chi connectivity index (χ4n) is 3.53. The van der Waals surface area contributed by atoms with Crippen LogP contribution in [0.2, 0.25) is 0 Å². The molecule has 0 spiro atoms. The van der Waals surface area contributed by atoms with E-state index in [4.69, 9.17) is 9.47 Å². The minimum Gasteiger partial charge on any atom is -0.457 e. The number of rotatable bonds is 6. The lowest BCUT2D eigenvalue weighted by molar-refractivity contribution is -0.148. The normalized spacial score (nSPS) is 18.7. The van der Waals surface area contributed by atoms with E-state index in [0.717, 1.165) is 56.9 Å². The highest BCUT2D eigenvalue weighted by atomic mass is 16.6. The topological polar surface area (TPSA) is 84.0 Å². The molecule has 1 fully saturated rings. The van der Waals surface area contributed by atoms with E-state index in [1.54, 1.807) is 12.3 Å². The van der Waals surface area contributed by atoms with Gasteiger partial charge in [0.15, 0.2) is 0 Å². The van der Waals surface area contributed by atoms with Crippen LogP contribution in [-0.2, 0) is 25.6 Å². The molecule has 30 heavy (non-hydrogen) atoms. The van der Waals surface area contributed by atoms with Gasteiger partial charge in [-0.2, -0.15) is 0 Å². The summed E-state index contributed by atoms with van der Waals surface area (Å²) >= 11 is 0. The number of anilines is 1. The highest BCUT2D eigenvalue weighted by Gasteiger charge is 2.21. The maximum Gasteiger partial charge on any atom is 0.331 e. The molecular formula is C22H32N4O4. The molecule has 2 aliphatic rings. The SMILES string of the molecule is CC(C)(C)OC(=O)/C=C/c1cnc2c(c1)CN(CCCN1CCOCC1)CC(=O)N2. The smallest absolute Gasteiger partial charge is 0.331 e. The lowest BCUT2D eigenvalue weighted by Crippen LogP contribution is -2.38. The van der Waals surface area contributed by atoms with Gasteiger partial charge >= 0.3 is 5.97 Å². The average Bonchev–Trinajstić information content (AvgIpc) is 2.83. The third-order valence-corrected chi connectivity index (χ3v) is 4.88. The first-order valence-electron chi connectivity index (χ1n) is 10.5. The molecule has 0 aromatic carbocycles. The molecule has 1 N–H and O–H groups in total. The van der Waals surface area contributed by atoms with Crippen LogP contribution in [0.25, 0.3) is 6.08 Å². The maximum absolute atomic E-state index is 12.3. The highest BCUT2D eigenvalue weighted by Crippen LogP contribution is 2.21. The van der Waals surface area contributed by atoms with E-state index in [2.05, 4.69) is 20.1 Å². The molecule has 0 saturated carbocycles. The van der Waals surface area contributed by atoms with E-state index < -0.39 is 11.6 Å². The van der Waals surface area contributed by atoms with Crippen molar-refractivity contribution in [1.82, 2.24) is 14.8 Å². The number of esters is 1. The van der Waals surface area contributed by atoms with Crippen molar-refractivity contribution in [2.45, 2.75) is 39.3 Å². The minimum absolute atomic E-state index is 0.0512. The van der Waals surface area contributed by atoms with Gasteiger partial charge in [0.25, 0.3) is 0 Å². The Morgan fingerprint density at radius 1 is 1.23 bits per heavy atom. The van der Waals surface area contributed by atoms with Crippen molar-refractivity contribution in [1.29, 1.82) is 0 Å². The number of aromatic nitrogens is 1. The predicted molar refractivity (Wildman–Crippen MR) is 115 cm³/mol. The van der Waals surface area contributed by atoms with Gasteiger partial charge in [-0.05, 0) is 51.4 Å². The van der Waals surface area contributed by atoms with Crippen molar-refractivity contribution in [2.24, 2.45) is 0 Å². The van der Waals surface area contributed by atoms with Gasteiger partial charge in [0.05, 0.1) is 19.8 Å². The summed E-state index contributed by atoms with van der Waals surface area (Å²) in [7, 11) is 0. The molecule has 0 bridgehead atoms. The first kappa shape index (κ1) is 22.4. The average molecular weight is 417 g/mol. The molecule has 0 aliphatic carbocycles. The fourth-order valence-corrected chi connectivity index (χ4v) is 3.53. The van der Waals surface area contributed by atoms with Crippen molar-refractivity contribution in [3.63, 3.8) is 0 Å². The second-order valence-electron chi connectivity index (χ2n) is 8.71. The summed E-state index contributed by atoms with van der Waals surface area (Å²) in [5, 5.41) is 2.88. The minimum atomic E-state index is -0.528. The Morgan fingerprint density at radius 2 is 1.97 bits per heavy atom. The Bertz CT molecular complexity index is 782. The monoisotopic (exact) mass is 416 g/mol. The van der Waals surface area contributed by atoms with Gasteiger partial charge in [-0.1, -0.05) is 0 Å². The van der Waals surface area contributed by atoms with Crippen LogP contribution in [-0.4, -0.2) is 78.2 Å². The second-order valence-corrected chi connectivity index (χ2v) is 8.71. The van der Waals surface area contributed by atoms with Crippen molar-refractivity contribution < 1.29 is 19.1 Å². The molecule has 1 saturated heterocycles. The standard InChI is InChI=1S/C22H32N4O4/c1-22(2,3)30-20(28)6-5-17-13-18-15-26(16-19(27)24-21(18)23-14-17)8-4-7-25-9-11-29-12-10-25/h5-6,13-14H,4,7-12,15-16H2,1-3H3,(H,23,24,27)/b6-5+. The van der Waals surface area contributed by atoms with Gasteiger partial charge in [-0.15, -0.1) is 0 Å². The molecular weight excluding hydrogens is 384 g/mol. The summed E-state index contributed by atoms with van der Waals surface area (Å²) in [5.41, 5.74) is 1.21. The first-order chi connectivity index (χ1) is 14.3. The molecule has 8 nitrogen and oxygen atoms in total. The van der Waals surface area contributed by atoms with Crippen LogP contribution in [0.4, 0.5) is 5.82 Å². The first-order valence-corrected chi connectivity index (χ1v) is 10.5. The molecule has 1 aromatic heterocycles. The Morgan fingerprint density at radius 3 is 2.70 bits per heavy atom. The van der Waals surface area contributed by atoms with Crippen LogP contribution in [0, 0.1) is 0 Å². The van der Waals surface area contributed by atoms with Crippen LogP contribution < -0.4 is 5.32 Å². The Kier molecular flexibility index (Phi) is 7.58. The molecule has 3 heterocycles. The van der Waals surface area contributed by atoms with Gasteiger partial charge in [-0.25, -0.2) is 9.78 Å². The number of amides is 1. The molecule has 2 aliphatic heterocycles. The van der Waals surface area contributed by atoms with Crippen molar-refractivity contribution in [2.75, 3.05) is 51.3 Å². The van der Waals surface area contributed by atoms with Crippen LogP contribution in [0.15, 0.2) is 18.3 Å². The number of ether oxygens (including phenoxy) is 2. The third kappa shape index (κ3) is 7.19. The fraction of sp³-hybridized carbons (Fsp3) is 0.591. The van der Waals surface area contributed by atoms with Gasteiger partial charge in [0, 0.05) is 44.0 Å². The number of carbonyl (C=O) groups is 2. The summed E-state index contributed by atoms with van der Waals surface area (Å²) < 4.78 is 10.7. The zero-order valence-electron chi connectivity index (χ0n) is 18.1. The van der Waals surface area contributed by atoms with Crippen LogP contribution in [0.3, 0.4) is 0 Å². The second kappa shape index (κ2) is 10.1. The van der Waals surface area contributed by atoms with E-state index in [0.29, 0.717) is 18.9 Å². The maximum atomic E-state index is 12.3. The lowest BCUT2D eigenvalue weighted by Gasteiger charge is -2.27. The molecule has 0 radical (unpaired) electrons. The molecule has 1 amide bonds. The summed E-state index contributed by atoms with van der Waals surface area (Å²) in [6, 6.07) is 1.96. The zero-order chi connectivity index (χ0) is 21.6. The van der Waals surface area contributed by atoms with E-state index in [9.17, 15) is 9.59 Å². The van der Waals surface area contributed by atoms with E-state index >= 15 is 0 Å². The molecule has 164 valence electrons. The Labute approximate surface area is 178 Å². The Balaban J connectivity index is 1.60. The van der Waals surface area contributed by atoms with Gasteiger partial charge in [-0.3, -0.25) is 14.6 Å². The van der Waals surface area contributed by atoms with Crippen molar-refractivity contribution >= 4 is 23.8 Å². The summed E-state index contributed by atoms with van der Waals surface area (Å²) in [5.74, 6) is 0.144. The number of nitrogens with one attached hydrogen (secondary N) is 1. The molecule has 0 unspecified atom stereocenters. The predicted octanol–water partition coefficient (Wildman–Crippen LogP) is 1.91. The van der Waals surface area contributed by atoms with Gasteiger partial charge < -0.3 is 14.8 Å². The summed E-state index contributed by atoms with van der Waals surface area (Å²) in [6.45, 7) is 11.9. The summed E-state index contributed by atoms with van der Waals surface area (Å²) in [4.78, 5) is 33.1. The highest BCUT2D eigenvalue weighted by molar-refractivity contribution is 5.93. The van der Waals surface area contributed by atoms with Crippen molar-refractivity contribution in [3.05, 3.63) is 29.5 Å². The van der Waals surface area contributed by atoms with Gasteiger partial charge in [0.1, 0.15) is 11.4 Å². The third-order valence-electron chi connectivity index (χ3n) is 4.88. The van der Waals surface area contributed by atoms with Gasteiger partial charge in [0.2, 0.25) is 5.91 Å². The number of pyridine rings is 1. The summed E-state index contributed by atoms with van der Waals surface area (Å²) in [6.07, 6.45) is 5.74. The van der Waals surface area contributed by atoms with Crippen LogP contribution in [0.5, 0.6) is 0 Å². The molecule has 0 atom stereocenters. The van der Waals surface area contributed by atoms with E-state index in [1.807, 2.05) is 26.8 Å². The number of fused-ring (bicyclic) bond motifs is 1. The Hall–Kier alpha value is -2.29. The number of nitrogens with zero attached hydrogens (tertiary/aromatic N) is 3. The number of hydrogen-bond acceptors (Lipinski definition) is 7. The van der Waals surface area contributed by atoms with E-state index in [1.165, 1.54) is 6.08 Å². The zero-order valence-corrected chi connectivity index (χ0v) is 18.1. The van der Waals surface area contributed by atoms with Crippen molar-refractivity contribution in [3.8, 4) is 0 Å². The number of morpholine rings is 1. The molecule has 3 rings (SSSR count). The largest absolute Gasteiger partial charge is 0.457 e. The lowest BCUT2D eigenvalue weighted by atomic mass is 10.1. The quantitative estimate of drug-likeness (QED) is 0.560.